The van der Waals surface area contributed by atoms with Crippen LogP contribution in [0.1, 0.15) is 24.0 Å². The lowest BCUT2D eigenvalue weighted by atomic mass is 10.0. The normalized spacial score (nSPS) is 16.4. The lowest BCUT2D eigenvalue weighted by Crippen LogP contribution is -2.35. The number of carbonyl (C=O) groups is 1. The Morgan fingerprint density at radius 1 is 1.41 bits per heavy atom. The van der Waals surface area contributed by atoms with E-state index in [1.54, 1.807) is 0 Å². The molecule has 0 radical (unpaired) electrons. The van der Waals surface area contributed by atoms with E-state index in [1.807, 2.05) is 32.0 Å². The van der Waals surface area contributed by atoms with E-state index in [2.05, 4.69) is 5.32 Å². The summed E-state index contributed by atoms with van der Waals surface area (Å²) in [4.78, 5) is 12.4. The van der Waals surface area contributed by atoms with Crippen LogP contribution in [0, 0.1) is 19.3 Å². The molecule has 0 unspecified atom stereocenters. The number of hydrogen-bond acceptors (Lipinski definition) is 2. The third-order valence-corrected chi connectivity index (χ3v) is 3.90. The highest BCUT2D eigenvalue weighted by Gasteiger charge is 2.52. The van der Waals surface area contributed by atoms with Crippen molar-refractivity contribution in [2.24, 2.45) is 11.1 Å². The second kappa shape index (κ2) is 4.11. The predicted octanol–water partition coefficient (Wildman–Crippen LogP) is 2.31. The van der Waals surface area contributed by atoms with Crippen molar-refractivity contribution in [1.29, 1.82) is 0 Å². The van der Waals surface area contributed by atoms with Crippen LogP contribution in [0.4, 0.5) is 5.69 Å². The Hall–Kier alpha value is -1.42. The number of benzene rings is 1. The summed E-state index contributed by atoms with van der Waals surface area (Å²) in [5.41, 5.74) is 8.12. The number of nitrogens with one attached hydrogen (secondary N) is 1. The summed E-state index contributed by atoms with van der Waals surface area (Å²) in [5.74, 6) is -0.0706. The topological polar surface area (TPSA) is 55.1 Å². The summed E-state index contributed by atoms with van der Waals surface area (Å²) in [6, 6.07) is 5.85. The molecule has 0 atom stereocenters. The van der Waals surface area contributed by atoms with Crippen LogP contribution in [0.2, 0.25) is 0 Å². The number of aryl methyl sites for hydroxylation is 1. The lowest BCUT2D eigenvalue weighted by Gasteiger charge is -2.15. The molecule has 1 amide bonds. The van der Waals surface area contributed by atoms with Crippen LogP contribution >= 0.6 is 12.2 Å². The summed E-state index contributed by atoms with van der Waals surface area (Å²) >= 11 is 4.96. The summed E-state index contributed by atoms with van der Waals surface area (Å²) in [6.07, 6.45) is 1.53. The van der Waals surface area contributed by atoms with E-state index in [0.717, 1.165) is 29.7 Å². The Bertz CT molecular complexity index is 492. The zero-order chi connectivity index (χ0) is 12.6. The molecule has 1 fully saturated rings. The zero-order valence-corrected chi connectivity index (χ0v) is 10.9. The van der Waals surface area contributed by atoms with Crippen molar-refractivity contribution < 1.29 is 4.79 Å². The molecular formula is C13H16N2OS. The van der Waals surface area contributed by atoms with Crippen molar-refractivity contribution in [3.8, 4) is 0 Å². The molecule has 0 bridgehead atoms. The van der Waals surface area contributed by atoms with Crippen LogP contribution in [0.5, 0.6) is 0 Å². The molecule has 3 N–H and O–H groups in total. The first-order valence-electron chi connectivity index (χ1n) is 5.65. The Kier molecular flexibility index (Phi) is 2.91. The van der Waals surface area contributed by atoms with E-state index in [9.17, 15) is 4.79 Å². The molecule has 2 rings (SSSR count). The number of rotatable bonds is 3. The van der Waals surface area contributed by atoms with Gasteiger partial charge in [0, 0.05) is 5.69 Å². The standard InChI is InChI=1S/C13H16N2OS/c1-8-4-3-5-10(9(8)2)15-12(16)13(6-7-13)11(14)17/h3-5H,6-7H2,1-2H3,(H2,14,17)(H,15,16). The van der Waals surface area contributed by atoms with Crippen LogP contribution in [0.25, 0.3) is 0 Å². The van der Waals surface area contributed by atoms with Crippen molar-refractivity contribution in [3.05, 3.63) is 29.3 Å². The Morgan fingerprint density at radius 2 is 2.06 bits per heavy atom. The molecule has 1 saturated carbocycles. The molecule has 3 nitrogen and oxygen atoms in total. The van der Waals surface area contributed by atoms with Crippen molar-refractivity contribution in [3.63, 3.8) is 0 Å². The average Bonchev–Trinajstić information content (AvgIpc) is 3.05. The SMILES string of the molecule is Cc1cccc(NC(=O)C2(C(N)=S)CC2)c1C. The van der Waals surface area contributed by atoms with Gasteiger partial charge in [-0.3, -0.25) is 4.79 Å². The number of hydrogen-bond donors (Lipinski definition) is 2. The molecule has 17 heavy (non-hydrogen) atoms. The Balaban J connectivity index is 2.20. The van der Waals surface area contributed by atoms with Gasteiger partial charge in [0.1, 0.15) is 0 Å². The minimum absolute atomic E-state index is 0.0706. The number of nitrogens with two attached hydrogens (primary N) is 1. The quantitative estimate of drug-likeness (QED) is 0.807. The monoisotopic (exact) mass is 248 g/mol. The van der Waals surface area contributed by atoms with E-state index in [4.69, 9.17) is 18.0 Å². The molecule has 0 saturated heterocycles. The van der Waals surface area contributed by atoms with Gasteiger partial charge in [-0.05, 0) is 43.9 Å². The third kappa shape index (κ3) is 2.05. The second-order valence-electron chi connectivity index (χ2n) is 4.65. The molecule has 0 heterocycles. The molecule has 0 aliphatic heterocycles. The summed E-state index contributed by atoms with van der Waals surface area (Å²) in [5, 5.41) is 2.93. The summed E-state index contributed by atoms with van der Waals surface area (Å²) in [7, 11) is 0. The smallest absolute Gasteiger partial charge is 0.237 e. The molecule has 1 aromatic rings. The molecule has 0 aromatic heterocycles. The highest BCUT2D eigenvalue weighted by molar-refractivity contribution is 7.80. The van der Waals surface area contributed by atoms with Crippen molar-refractivity contribution in [2.45, 2.75) is 26.7 Å². The molecule has 1 aliphatic rings. The van der Waals surface area contributed by atoms with Gasteiger partial charge < -0.3 is 11.1 Å². The minimum Gasteiger partial charge on any atom is -0.392 e. The first-order chi connectivity index (χ1) is 7.97. The number of thiocarbonyl (C=S) groups is 1. The summed E-state index contributed by atoms with van der Waals surface area (Å²) in [6.45, 7) is 4.01. The zero-order valence-electron chi connectivity index (χ0n) is 10.0. The van der Waals surface area contributed by atoms with Crippen molar-refractivity contribution in [2.75, 3.05) is 5.32 Å². The molecule has 4 heteroatoms. The highest BCUT2D eigenvalue weighted by atomic mass is 32.1. The fourth-order valence-corrected chi connectivity index (χ4v) is 2.14. The van der Waals surface area contributed by atoms with Gasteiger partial charge in [-0.15, -0.1) is 0 Å². The average molecular weight is 248 g/mol. The van der Waals surface area contributed by atoms with Crippen LogP contribution in [0.15, 0.2) is 18.2 Å². The van der Waals surface area contributed by atoms with Gasteiger partial charge in [0.2, 0.25) is 5.91 Å². The van der Waals surface area contributed by atoms with E-state index >= 15 is 0 Å². The van der Waals surface area contributed by atoms with Gasteiger partial charge in [-0.2, -0.15) is 0 Å². The van der Waals surface area contributed by atoms with E-state index < -0.39 is 5.41 Å². The van der Waals surface area contributed by atoms with Crippen LogP contribution in [0.3, 0.4) is 0 Å². The minimum atomic E-state index is -0.592. The van der Waals surface area contributed by atoms with Gasteiger partial charge in [-0.25, -0.2) is 0 Å². The van der Waals surface area contributed by atoms with Gasteiger partial charge in [0.25, 0.3) is 0 Å². The maximum absolute atomic E-state index is 12.1. The van der Waals surface area contributed by atoms with Crippen molar-refractivity contribution >= 4 is 28.8 Å². The fourth-order valence-electron chi connectivity index (χ4n) is 1.84. The van der Waals surface area contributed by atoms with Gasteiger partial charge >= 0.3 is 0 Å². The Morgan fingerprint density at radius 3 is 2.59 bits per heavy atom. The van der Waals surface area contributed by atoms with E-state index in [1.165, 1.54) is 0 Å². The summed E-state index contributed by atoms with van der Waals surface area (Å²) < 4.78 is 0. The molecule has 1 aliphatic carbocycles. The predicted molar refractivity (Wildman–Crippen MR) is 73.0 cm³/mol. The number of anilines is 1. The highest BCUT2D eigenvalue weighted by Crippen LogP contribution is 2.47. The van der Waals surface area contributed by atoms with E-state index in [0.29, 0.717) is 4.99 Å². The largest absolute Gasteiger partial charge is 0.392 e. The molecule has 1 aromatic carbocycles. The first kappa shape index (κ1) is 12.0. The van der Waals surface area contributed by atoms with Gasteiger partial charge in [0.05, 0.1) is 10.4 Å². The van der Waals surface area contributed by atoms with Crippen LogP contribution in [-0.4, -0.2) is 10.9 Å². The van der Waals surface area contributed by atoms with Crippen molar-refractivity contribution in [1.82, 2.24) is 0 Å². The van der Waals surface area contributed by atoms with Crippen LogP contribution < -0.4 is 11.1 Å². The third-order valence-electron chi connectivity index (χ3n) is 3.51. The van der Waals surface area contributed by atoms with Gasteiger partial charge in [0.15, 0.2) is 0 Å². The van der Waals surface area contributed by atoms with Crippen LogP contribution in [-0.2, 0) is 4.79 Å². The maximum atomic E-state index is 12.1. The Labute approximate surface area is 106 Å². The molecule has 0 spiro atoms. The number of carbonyl (C=O) groups excluding carboxylic acids is 1. The van der Waals surface area contributed by atoms with Gasteiger partial charge in [-0.1, -0.05) is 24.4 Å². The maximum Gasteiger partial charge on any atom is 0.237 e. The lowest BCUT2D eigenvalue weighted by molar-refractivity contribution is -0.118. The first-order valence-corrected chi connectivity index (χ1v) is 6.06. The van der Waals surface area contributed by atoms with E-state index in [-0.39, 0.29) is 5.91 Å². The number of amides is 1. The fraction of sp³-hybridized carbons (Fsp3) is 0.385. The second-order valence-corrected chi connectivity index (χ2v) is 5.09. The molecule has 90 valence electrons. The molecular weight excluding hydrogens is 232 g/mol.